The van der Waals surface area contributed by atoms with E-state index in [4.69, 9.17) is 9.15 Å². The number of halogens is 1. The molecule has 2 aromatic carbocycles. The summed E-state index contributed by atoms with van der Waals surface area (Å²) in [5.74, 6) is 2.02. The van der Waals surface area contributed by atoms with Gasteiger partial charge in [-0.15, -0.1) is 11.3 Å². The first-order valence-corrected chi connectivity index (χ1v) is 10.5. The molecule has 5 aromatic rings. The predicted molar refractivity (Wildman–Crippen MR) is 115 cm³/mol. The maximum Gasteiger partial charge on any atom is 0.235 e. The lowest BCUT2D eigenvalue weighted by Gasteiger charge is -2.06. The summed E-state index contributed by atoms with van der Waals surface area (Å²) in [5.41, 5.74) is 2.20. The lowest BCUT2D eigenvalue weighted by Crippen LogP contribution is -2.02. The average Bonchev–Trinajstić information content (AvgIpc) is 3.33. The van der Waals surface area contributed by atoms with E-state index in [-0.39, 0.29) is 12.4 Å². The van der Waals surface area contributed by atoms with Gasteiger partial charge in [0.15, 0.2) is 0 Å². The molecule has 0 N–H and O–H groups in total. The Hall–Kier alpha value is -3.32. The SMILES string of the molecule is CCc1nc(OCc2nc(-c3ccccc3)oc2C)c2sc3cccc(F)c3c2n1. The van der Waals surface area contributed by atoms with Gasteiger partial charge in [0.1, 0.15) is 34.4 Å². The van der Waals surface area contributed by atoms with Gasteiger partial charge in [-0.05, 0) is 31.2 Å². The maximum absolute atomic E-state index is 14.5. The third-order valence-corrected chi connectivity index (χ3v) is 6.01. The van der Waals surface area contributed by atoms with Gasteiger partial charge in [-0.2, -0.15) is 4.98 Å². The fraction of sp³-hybridized carbons (Fsp3) is 0.174. The van der Waals surface area contributed by atoms with Crippen LogP contribution in [0.3, 0.4) is 0 Å². The van der Waals surface area contributed by atoms with Gasteiger partial charge < -0.3 is 9.15 Å². The molecule has 0 unspecified atom stereocenters. The van der Waals surface area contributed by atoms with Crippen molar-refractivity contribution in [3.63, 3.8) is 0 Å². The minimum atomic E-state index is -0.287. The number of benzene rings is 2. The fourth-order valence-electron chi connectivity index (χ4n) is 3.32. The highest BCUT2D eigenvalue weighted by molar-refractivity contribution is 7.26. The molecule has 7 heteroatoms. The number of ether oxygens (including phenoxy) is 1. The van der Waals surface area contributed by atoms with Crippen molar-refractivity contribution >= 4 is 31.6 Å². The van der Waals surface area contributed by atoms with Crippen LogP contribution >= 0.6 is 11.3 Å². The topological polar surface area (TPSA) is 61.0 Å². The lowest BCUT2D eigenvalue weighted by molar-refractivity contribution is 0.291. The van der Waals surface area contributed by atoms with Crippen molar-refractivity contribution in [1.29, 1.82) is 0 Å². The van der Waals surface area contributed by atoms with Gasteiger partial charge in [0, 0.05) is 16.7 Å². The summed E-state index contributed by atoms with van der Waals surface area (Å²) in [6.45, 7) is 4.03. The number of oxazole rings is 1. The number of fused-ring (bicyclic) bond motifs is 3. The zero-order chi connectivity index (χ0) is 20.7. The van der Waals surface area contributed by atoms with E-state index in [0.29, 0.717) is 46.4 Å². The van der Waals surface area contributed by atoms with Gasteiger partial charge >= 0.3 is 0 Å². The van der Waals surface area contributed by atoms with Crippen LogP contribution in [0.2, 0.25) is 0 Å². The first-order valence-electron chi connectivity index (χ1n) is 9.66. The molecule has 30 heavy (non-hydrogen) atoms. The van der Waals surface area contributed by atoms with Crippen LogP contribution in [0.4, 0.5) is 4.39 Å². The Morgan fingerprint density at radius 3 is 2.67 bits per heavy atom. The van der Waals surface area contributed by atoms with Crippen LogP contribution in [-0.2, 0) is 13.0 Å². The Morgan fingerprint density at radius 2 is 1.87 bits per heavy atom. The Morgan fingerprint density at radius 1 is 1.03 bits per heavy atom. The molecule has 0 saturated heterocycles. The lowest BCUT2D eigenvalue weighted by atomic mass is 10.2. The van der Waals surface area contributed by atoms with Crippen molar-refractivity contribution in [2.45, 2.75) is 26.9 Å². The monoisotopic (exact) mass is 419 g/mol. The van der Waals surface area contributed by atoms with Gasteiger partial charge in [0.05, 0.1) is 10.9 Å². The molecule has 0 radical (unpaired) electrons. The summed E-state index contributed by atoms with van der Waals surface area (Å²) in [6, 6.07) is 14.8. The van der Waals surface area contributed by atoms with Crippen LogP contribution < -0.4 is 4.74 Å². The summed E-state index contributed by atoms with van der Waals surface area (Å²) < 4.78 is 27.9. The van der Waals surface area contributed by atoms with E-state index < -0.39 is 0 Å². The molecular formula is C23H18FN3O2S. The number of thiophene rings is 1. The van der Waals surface area contributed by atoms with Gasteiger partial charge in [0.25, 0.3) is 0 Å². The number of hydrogen-bond acceptors (Lipinski definition) is 6. The Labute approximate surface area is 176 Å². The molecule has 3 aromatic heterocycles. The van der Waals surface area contributed by atoms with Crippen molar-refractivity contribution in [2.75, 3.05) is 0 Å². The molecule has 150 valence electrons. The van der Waals surface area contributed by atoms with E-state index in [9.17, 15) is 4.39 Å². The average molecular weight is 419 g/mol. The van der Waals surface area contributed by atoms with E-state index in [1.54, 1.807) is 6.07 Å². The van der Waals surface area contributed by atoms with Gasteiger partial charge in [-0.3, -0.25) is 0 Å². The second-order valence-corrected chi connectivity index (χ2v) is 7.92. The van der Waals surface area contributed by atoms with Gasteiger partial charge in [-0.1, -0.05) is 31.2 Å². The first-order chi connectivity index (χ1) is 14.6. The second kappa shape index (κ2) is 7.50. The van der Waals surface area contributed by atoms with Crippen molar-refractivity contribution in [3.8, 4) is 17.3 Å². The third-order valence-electron chi connectivity index (χ3n) is 4.88. The van der Waals surface area contributed by atoms with Crippen molar-refractivity contribution < 1.29 is 13.5 Å². The van der Waals surface area contributed by atoms with E-state index >= 15 is 0 Å². The molecular weight excluding hydrogens is 401 g/mol. The molecule has 0 saturated carbocycles. The third kappa shape index (κ3) is 3.21. The summed E-state index contributed by atoms with van der Waals surface area (Å²) in [6.07, 6.45) is 0.624. The summed E-state index contributed by atoms with van der Waals surface area (Å²) in [7, 11) is 0. The molecule has 5 nitrogen and oxygen atoms in total. The molecule has 0 fully saturated rings. The van der Waals surface area contributed by atoms with Crippen LogP contribution in [0, 0.1) is 12.7 Å². The quantitative estimate of drug-likeness (QED) is 0.345. The number of rotatable bonds is 5. The summed E-state index contributed by atoms with van der Waals surface area (Å²) in [5, 5.41) is 0.517. The van der Waals surface area contributed by atoms with Gasteiger partial charge in [0.2, 0.25) is 11.8 Å². The van der Waals surface area contributed by atoms with Crippen LogP contribution in [0.15, 0.2) is 52.9 Å². The molecule has 0 amide bonds. The van der Waals surface area contributed by atoms with Crippen molar-refractivity contribution in [1.82, 2.24) is 15.0 Å². The standard InChI is InChI=1S/C23H18FN3O2S/c1-3-18-26-20-19-15(24)10-7-11-17(19)30-21(20)23(27-18)28-12-16-13(2)29-22(25-16)14-8-5-4-6-9-14/h4-11H,3,12H2,1-2H3. The molecule has 5 rings (SSSR count). The molecule has 0 atom stereocenters. The minimum Gasteiger partial charge on any atom is -0.470 e. The number of hydrogen-bond donors (Lipinski definition) is 0. The number of aryl methyl sites for hydroxylation is 2. The van der Waals surface area contributed by atoms with Crippen molar-refractivity contribution in [2.24, 2.45) is 0 Å². The smallest absolute Gasteiger partial charge is 0.235 e. The largest absolute Gasteiger partial charge is 0.470 e. The molecule has 0 aliphatic carbocycles. The zero-order valence-corrected chi connectivity index (χ0v) is 17.3. The van der Waals surface area contributed by atoms with Crippen LogP contribution in [0.25, 0.3) is 31.8 Å². The molecule has 0 bridgehead atoms. The van der Waals surface area contributed by atoms with E-state index in [0.717, 1.165) is 15.0 Å². The minimum absolute atomic E-state index is 0.203. The highest BCUT2D eigenvalue weighted by Gasteiger charge is 2.18. The van der Waals surface area contributed by atoms with Crippen LogP contribution in [0.5, 0.6) is 5.88 Å². The second-order valence-electron chi connectivity index (χ2n) is 6.87. The fourth-order valence-corrected chi connectivity index (χ4v) is 4.42. The van der Waals surface area contributed by atoms with Gasteiger partial charge in [-0.25, -0.2) is 14.4 Å². The van der Waals surface area contributed by atoms with E-state index in [1.165, 1.54) is 17.4 Å². The highest BCUT2D eigenvalue weighted by Crippen LogP contribution is 2.39. The Kier molecular flexibility index (Phi) is 4.67. The molecule has 0 aliphatic heterocycles. The number of nitrogens with zero attached hydrogens (tertiary/aromatic N) is 3. The Balaban J connectivity index is 1.52. The van der Waals surface area contributed by atoms with Crippen LogP contribution in [-0.4, -0.2) is 15.0 Å². The molecule has 0 spiro atoms. The summed E-state index contributed by atoms with van der Waals surface area (Å²) in [4.78, 5) is 13.7. The van der Waals surface area contributed by atoms with E-state index in [1.807, 2.05) is 50.2 Å². The number of aromatic nitrogens is 3. The van der Waals surface area contributed by atoms with Crippen LogP contribution in [0.1, 0.15) is 24.2 Å². The van der Waals surface area contributed by atoms with Crippen molar-refractivity contribution in [3.05, 3.63) is 71.6 Å². The normalized spacial score (nSPS) is 11.4. The Bertz CT molecular complexity index is 1360. The molecule has 3 heterocycles. The zero-order valence-electron chi connectivity index (χ0n) is 16.5. The predicted octanol–water partition coefficient (Wildman–Crippen LogP) is 6.09. The first kappa shape index (κ1) is 18.7. The maximum atomic E-state index is 14.5. The molecule has 0 aliphatic rings. The van der Waals surface area contributed by atoms with E-state index in [2.05, 4.69) is 15.0 Å². The highest BCUT2D eigenvalue weighted by atomic mass is 32.1. The summed E-state index contributed by atoms with van der Waals surface area (Å²) >= 11 is 1.43.